The second-order valence-corrected chi connectivity index (χ2v) is 8.57. The van der Waals surface area contributed by atoms with Gasteiger partial charge in [-0.1, -0.05) is 11.6 Å². The average Bonchev–Trinajstić information content (AvgIpc) is 2.72. The minimum Gasteiger partial charge on any atom is -0.311 e. The van der Waals surface area contributed by atoms with Crippen molar-refractivity contribution >= 4 is 50.0 Å². The van der Waals surface area contributed by atoms with E-state index in [1.54, 1.807) is 0 Å². The predicted octanol–water partition coefficient (Wildman–Crippen LogP) is 3.22. The number of benzene rings is 1. The maximum Gasteiger partial charge on any atom is 0.243 e. The number of hydrogen-bond acceptors (Lipinski definition) is 3. The van der Waals surface area contributed by atoms with Gasteiger partial charge in [-0.25, -0.2) is 17.5 Å². The normalized spacial score (nSPS) is 27.5. The Labute approximate surface area is 148 Å². The van der Waals surface area contributed by atoms with Crippen LogP contribution in [0.3, 0.4) is 0 Å². The summed E-state index contributed by atoms with van der Waals surface area (Å²) in [7, 11) is -3.91. The van der Waals surface area contributed by atoms with E-state index in [2.05, 4.69) is 26.0 Å². The fraction of sp³-hybridized carbons (Fsp3) is 0.538. The molecule has 2 fully saturated rings. The molecule has 2 N–H and O–H groups in total. The van der Waals surface area contributed by atoms with Gasteiger partial charge in [0, 0.05) is 22.6 Å². The molecule has 0 aromatic heterocycles. The number of fused-ring (bicyclic) bond motifs is 2. The molecule has 0 saturated carbocycles. The molecule has 1 aromatic rings. The molecule has 4 nitrogen and oxygen atoms in total. The molecule has 124 valence electrons. The van der Waals surface area contributed by atoms with Crippen molar-refractivity contribution in [2.45, 2.75) is 48.7 Å². The number of halogens is 4. The molecule has 0 spiro atoms. The summed E-state index contributed by atoms with van der Waals surface area (Å²) >= 11 is 8.95. The highest BCUT2D eigenvalue weighted by molar-refractivity contribution is 9.10. The van der Waals surface area contributed by atoms with Gasteiger partial charge in [0.15, 0.2) is 0 Å². The molecule has 2 unspecified atom stereocenters. The first kappa shape index (κ1) is 18.4. The molecule has 0 amide bonds. The zero-order chi connectivity index (χ0) is 15.2. The summed E-state index contributed by atoms with van der Waals surface area (Å²) in [4.78, 5) is -0.401. The average molecular weight is 434 g/mol. The second-order valence-electron chi connectivity index (χ2n) is 5.62. The van der Waals surface area contributed by atoms with Gasteiger partial charge in [-0.15, -0.1) is 12.4 Å². The Kier molecular flexibility index (Phi) is 5.78. The largest absolute Gasteiger partial charge is 0.311 e. The quantitative estimate of drug-likeness (QED) is 0.719. The van der Waals surface area contributed by atoms with Crippen molar-refractivity contribution in [1.82, 2.24) is 10.0 Å². The van der Waals surface area contributed by atoms with Gasteiger partial charge in [0.05, 0.1) is 5.02 Å². The standard InChI is InChI=1S/C13H15BrClFN2O2S.ClH/c14-10-5-12(16)13(6-11(10)15)21(19,20)18-9-3-7-1-2-8(4-9)17-7;/h5-9,17-18H,1-4H2;1H. The van der Waals surface area contributed by atoms with E-state index in [0.717, 1.165) is 37.8 Å². The first-order chi connectivity index (χ1) is 9.85. The monoisotopic (exact) mass is 432 g/mol. The van der Waals surface area contributed by atoms with Crippen LogP contribution < -0.4 is 10.0 Å². The van der Waals surface area contributed by atoms with Crippen LogP contribution in [0.15, 0.2) is 21.5 Å². The van der Waals surface area contributed by atoms with Crippen molar-refractivity contribution < 1.29 is 12.8 Å². The lowest BCUT2D eigenvalue weighted by Crippen LogP contribution is -2.48. The lowest BCUT2D eigenvalue weighted by Gasteiger charge is -2.29. The molecule has 0 aliphatic carbocycles. The zero-order valence-electron chi connectivity index (χ0n) is 11.5. The number of nitrogens with one attached hydrogen (secondary N) is 2. The third-order valence-electron chi connectivity index (χ3n) is 4.06. The molecule has 2 atom stereocenters. The summed E-state index contributed by atoms with van der Waals surface area (Å²) in [5.74, 6) is -0.810. The van der Waals surface area contributed by atoms with Crippen LogP contribution >= 0.6 is 39.9 Å². The van der Waals surface area contributed by atoms with E-state index < -0.39 is 20.7 Å². The Bertz CT molecular complexity index is 662. The van der Waals surface area contributed by atoms with Gasteiger partial charge in [-0.3, -0.25) is 0 Å². The van der Waals surface area contributed by atoms with Crippen molar-refractivity contribution in [3.8, 4) is 0 Å². The van der Waals surface area contributed by atoms with Crippen LogP contribution in [0.4, 0.5) is 4.39 Å². The number of piperidine rings is 1. The number of rotatable bonds is 3. The van der Waals surface area contributed by atoms with Gasteiger partial charge in [-0.05, 0) is 53.7 Å². The highest BCUT2D eigenvalue weighted by atomic mass is 79.9. The van der Waals surface area contributed by atoms with E-state index >= 15 is 0 Å². The molecule has 3 rings (SSSR count). The van der Waals surface area contributed by atoms with Crippen molar-refractivity contribution in [3.05, 3.63) is 27.4 Å². The first-order valence-electron chi connectivity index (χ1n) is 6.78. The Hall–Kier alpha value is 0.0800. The molecule has 9 heteroatoms. The minimum absolute atomic E-state index is 0. The summed E-state index contributed by atoms with van der Waals surface area (Å²) < 4.78 is 41.6. The molecule has 2 bridgehead atoms. The maximum atomic E-state index is 13.9. The number of sulfonamides is 1. The lowest BCUT2D eigenvalue weighted by atomic mass is 10.0. The summed E-state index contributed by atoms with van der Waals surface area (Å²) in [6, 6.07) is 2.77. The Balaban J connectivity index is 0.00000176. The van der Waals surface area contributed by atoms with Crippen molar-refractivity contribution in [2.24, 2.45) is 0 Å². The van der Waals surface area contributed by atoms with Crippen LogP contribution in [0.2, 0.25) is 5.02 Å². The molecule has 2 aliphatic rings. The van der Waals surface area contributed by atoms with Gasteiger partial charge in [-0.2, -0.15) is 0 Å². The molecular formula is C13H16BrCl2FN2O2S. The van der Waals surface area contributed by atoms with Gasteiger partial charge in [0.25, 0.3) is 0 Å². The van der Waals surface area contributed by atoms with E-state index in [1.165, 1.54) is 0 Å². The van der Waals surface area contributed by atoms with Crippen molar-refractivity contribution in [3.63, 3.8) is 0 Å². The van der Waals surface area contributed by atoms with E-state index in [4.69, 9.17) is 11.6 Å². The van der Waals surface area contributed by atoms with E-state index in [1.807, 2.05) is 0 Å². The van der Waals surface area contributed by atoms with Crippen LogP contribution in [0, 0.1) is 5.82 Å². The second kappa shape index (κ2) is 6.91. The van der Waals surface area contributed by atoms with Gasteiger partial charge in [0.1, 0.15) is 10.7 Å². The Morgan fingerprint density at radius 1 is 1.27 bits per heavy atom. The van der Waals surface area contributed by atoms with Crippen LogP contribution in [0.25, 0.3) is 0 Å². The fourth-order valence-corrected chi connectivity index (χ4v) is 5.04. The van der Waals surface area contributed by atoms with Gasteiger partial charge in [0.2, 0.25) is 10.0 Å². The zero-order valence-corrected chi connectivity index (χ0v) is 15.5. The van der Waals surface area contributed by atoms with Gasteiger partial charge < -0.3 is 5.32 Å². The van der Waals surface area contributed by atoms with E-state index in [0.29, 0.717) is 16.6 Å². The van der Waals surface area contributed by atoms with Crippen molar-refractivity contribution in [2.75, 3.05) is 0 Å². The van der Waals surface area contributed by atoms with Crippen LogP contribution in [-0.2, 0) is 10.0 Å². The Morgan fingerprint density at radius 3 is 2.45 bits per heavy atom. The first-order valence-corrected chi connectivity index (χ1v) is 9.43. The SMILES string of the molecule is Cl.O=S(=O)(NC1CC2CCC(C1)N2)c1cc(Cl)c(Br)cc1F. The smallest absolute Gasteiger partial charge is 0.243 e. The third kappa shape index (κ3) is 3.76. The summed E-state index contributed by atoms with van der Waals surface area (Å²) in [5, 5.41) is 3.61. The summed E-state index contributed by atoms with van der Waals surface area (Å²) in [6.07, 6.45) is 3.62. The molecule has 2 saturated heterocycles. The van der Waals surface area contributed by atoms with Crippen LogP contribution in [0.1, 0.15) is 25.7 Å². The Morgan fingerprint density at radius 2 is 1.86 bits per heavy atom. The molecule has 0 radical (unpaired) electrons. The molecular weight excluding hydrogens is 418 g/mol. The number of hydrogen-bond donors (Lipinski definition) is 2. The van der Waals surface area contributed by atoms with E-state index in [-0.39, 0.29) is 23.5 Å². The topological polar surface area (TPSA) is 58.2 Å². The minimum atomic E-state index is -3.91. The predicted molar refractivity (Wildman–Crippen MR) is 89.6 cm³/mol. The molecule has 2 aliphatic heterocycles. The van der Waals surface area contributed by atoms with E-state index in [9.17, 15) is 12.8 Å². The van der Waals surface area contributed by atoms with Crippen LogP contribution in [-0.4, -0.2) is 26.5 Å². The summed E-state index contributed by atoms with van der Waals surface area (Å²) in [6.45, 7) is 0. The fourth-order valence-electron chi connectivity index (χ4n) is 3.15. The van der Waals surface area contributed by atoms with Gasteiger partial charge >= 0.3 is 0 Å². The lowest BCUT2D eigenvalue weighted by molar-refractivity contribution is 0.345. The maximum absolute atomic E-state index is 13.9. The highest BCUT2D eigenvalue weighted by Crippen LogP contribution is 2.30. The highest BCUT2D eigenvalue weighted by Gasteiger charge is 2.36. The van der Waals surface area contributed by atoms with Crippen LogP contribution in [0.5, 0.6) is 0 Å². The molecule has 1 aromatic carbocycles. The molecule has 2 heterocycles. The summed E-state index contributed by atoms with van der Waals surface area (Å²) in [5.41, 5.74) is 0. The third-order valence-corrected chi connectivity index (χ3v) is 6.79. The van der Waals surface area contributed by atoms with Crippen molar-refractivity contribution in [1.29, 1.82) is 0 Å². The molecule has 22 heavy (non-hydrogen) atoms.